The molecule has 2 aliphatic rings. The molecule has 2 saturated heterocycles. The predicted molar refractivity (Wildman–Crippen MR) is 60.0 cm³/mol. The van der Waals surface area contributed by atoms with Crippen LogP contribution in [0.3, 0.4) is 0 Å². The maximum absolute atomic E-state index is 11.8. The lowest BCUT2D eigenvalue weighted by atomic mass is 9.79. The quantitative estimate of drug-likeness (QED) is 0.609. The van der Waals surface area contributed by atoms with Crippen LogP contribution in [-0.4, -0.2) is 46.3 Å². The van der Waals surface area contributed by atoms with E-state index in [0.29, 0.717) is 5.41 Å². The zero-order chi connectivity index (χ0) is 10.6. The van der Waals surface area contributed by atoms with Crippen LogP contribution >= 0.6 is 0 Å². The Morgan fingerprint density at radius 3 is 2.14 bits per heavy atom. The molecule has 0 aromatic rings. The summed E-state index contributed by atoms with van der Waals surface area (Å²) in [6.07, 6.45) is 0. The summed E-state index contributed by atoms with van der Waals surface area (Å²) < 4.78 is 15.8. The Morgan fingerprint density at radius 2 is 1.79 bits per heavy atom. The van der Waals surface area contributed by atoms with Gasteiger partial charge >= 0.3 is 0 Å². The van der Waals surface area contributed by atoms with E-state index in [1.165, 1.54) is 0 Å². The first-order valence-corrected chi connectivity index (χ1v) is 7.00. The van der Waals surface area contributed by atoms with E-state index in [1.54, 1.807) is 7.05 Å². The minimum atomic E-state index is -1.77. The lowest BCUT2D eigenvalue weighted by Gasteiger charge is -2.60. The van der Waals surface area contributed by atoms with Gasteiger partial charge in [0.1, 0.15) is 0 Å². The Bertz CT molecular complexity index is 341. The second-order valence-electron chi connectivity index (χ2n) is 5.77. The molecule has 3 nitrogen and oxygen atoms in total. The van der Waals surface area contributed by atoms with Gasteiger partial charge in [0.15, 0.2) is 0 Å². The molecule has 2 aliphatic heterocycles. The molecule has 2 heterocycles. The molecule has 82 valence electrons. The zero-order valence-corrected chi connectivity index (χ0v) is 10.4. The molecule has 0 N–H and O–H groups in total. The fraction of sp³-hybridized carbons (Fsp3) is 1.00. The molecule has 0 bridgehead atoms. The molecule has 0 aromatic carbocycles. The molecule has 0 atom stereocenters. The molecule has 0 aromatic heterocycles. The lowest BCUT2D eigenvalue weighted by molar-refractivity contribution is -0.0397. The molecule has 4 heteroatoms. The maximum Gasteiger partial charge on any atom is 0.0478 e. The topological polar surface area (TPSA) is 32.7 Å². The van der Waals surface area contributed by atoms with E-state index in [2.05, 4.69) is 30.0 Å². The predicted octanol–water partition coefficient (Wildman–Crippen LogP) is 1.20. The molecule has 2 fully saturated rings. The number of likely N-dealkylation sites (tertiary alicyclic amines) is 1. The number of hydrogen-bond donors (Lipinski definition) is 0. The summed E-state index contributed by atoms with van der Waals surface area (Å²) >= 11 is 0. The van der Waals surface area contributed by atoms with Crippen molar-refractivity contribution >= 4 is 9.73 Å². The van der Waals surface area contributed by atoms with Crippen molar-refractivity contribution in [1.82, 2.24) is 4.90 Å². The first kappa shape index (κ1) is 10.4. The van der Waals surface area contributed by atoms with Crippen LogP contribution in [0.2, 0.25) is 0 Å². The van der Waals surface area contributed by atoms with E-state index in [0.717, 1.165) is 24.6 Å². The smallest absolute Gasteiger partial charge is 0.0478 e. The van der Waals surface area contributed by atoms with Crippen LogP contribution in [-0.2, 0) is 9.73 Å². The van der Waals surface area contributed by atoms with Gasteiger partial charge in [0.2, 0.25) is 0 Å². The van der Waals surface area contributed by atoms with Crippen molar-refractivity contribution in [2.75, 3.05) is 31.6 Å². The van der Waals surface area contributed by atoms with Gasteiger partial charge in [-0.25, -0.2) is 8.57 Å². The zero-order valence-electron chi connectivity index (χ0n) is 9.54. The van der Waals surface area contributed by atoms with Gasteiger partial charge in [-0.3, -0.25) is 4.90 Å². The van der Waals surface area contributed by atoms with Crippen LogP contribution in [0, 0.1) is 5.41 Å². The lowest BCUT2D eigenvalue weighted by Crippen LogP contribution is -2.71. The van der Waals surface area contributed by atoms with Crippen molar-refractivity contribution in [2.45, 2.75) is 26.3 Å². The van der Waals surface area contributed by atoms with E-state index < -0.39 is 9.73 Å². The van der Waals surface area contributed by atoms with Crippen LogP contribution < -0.4 is 0 Å². The van der Waals surface area contributed by atoms with Crippen molar-refractivity contribution in [3.05, 3.63) is 0 Å². The summed E-state index contributed by atoms with van der Waals surface area (Å²) in [5, 5.41) is 0. The summed E-state index contributed by atoms with van der Waals surface area (Å²) in [5.74, 6) is 1.67. The normalized spacial score (nSPS) is 29.4. The van der Waals surface area contributed by atoms with Gasteiger partial charge in [-0.15, -0.1) is 0 Å². The highest BCUT2D eigenvalue weighted by molar-refractivity contribution is 7.95. The van der Waals surface area contributed by atoms with Crippen molar-refractivity contribution in [3.8, 4) is 0 Å². The second kappa shape index (κ2) is 2.73. The molecule has 0 aliphatic carbocycles. The largest absolute Gasteiger partial charge is 0.297 e. The van der Waals surface area contributed by atoms with Crippen LogP contribution in [0.25, 0.3) is 0 Å². The van der Waals surface area contributed by atoms with Gasteiger partial charge < -0.3 is 0 Å². The average Bonchev–Trinajstić information content (AvgIpc) is 1.91. The van der Waals surface area contributed by atoms with Crippen molar-refractivity contribution < 1.29 is 4.21 Å². The number of hydrogen-bond acceptors (Lipinski definition) is 3. The van der Waals surface area contributed by atoms with Gasteiger partial charge in [0.25, 0.3) is 0 Å². The van der Waals surface area contributed by atoms with Crippen LogP contribution in [0.5, 0.6) is 0 Å². The third kappa shape index (κ3) is 1.48. The van der Waals surface area contributed by atoms with Crippen LogP contribution in [0.15, 0.2) is 4.36 Å². The monoisotopic (exact) mass is 216 g/mol. The summed E-state index contributed by atoms with van der Waals surface area (Å²) in [6, 6.07) is 0. The minimum Gasteiger partial charge on any atom is -0.297 e. The molecule has 2 rings (SSSR count). The fourth-order valence-electron chi connectivity index (χ4n) is 2.46. The van der Waals surface area contributed by atoms with Crippen LogP contribution in [0.1, 0.15) is 20.8 Å². The molecule has 0 amide bonds. The molecule has 14 heavy (non-hydrogen) atoms. The molecule has 0 saturated carbocycles. The van der Waals surface area contributed by atoms with E-state index in [-0.39, 0.29) is 5.54 Å². The number of nitrogens with zero attached hydrogens (tertiary/aromatic N) is 2. The highest BCUT2D eigenvalue weighted by atomic mass is 32.2. The fourth-order valence-corrected chi connectivity index (χ4v) is 4.92. The Hall–Kier alpha value is -0.0900. The minimum absolute atomic E-state index is 0.269. The summed E-state index contributed by atoms with van der Waals surface area (Å²) in [4.78, 5) is 2.46. The summed E-state index contributed by atoms with van der Waals surface area (Å²) in [5.41, 5.74) is 0.634. The molecular formula is C10H20N2OS. The van der Waals surface area contributed by atoms with Crippen molar-refractivity contribution in [2.24, 2.45) is 9.78 Å². The van der Waals surface area contributed by atoms with Gasteiger partial charge in [0.05, 0.1) is 0 Å². The summed E-state index contributed by atoms with van der Waals surface area (Å²) in [6.45, 7) is 8.94. The Kier molecular flexibility index (Phi) is 2.03. The molecule has 1 spiro atoms. The van der Waals surface area contributed by atoms with Gasteiger partial charge in [0, 0.05) is 52.3 Å². The van der Waals surface area contributed by atoms with Crippen LogP contribution in [0.4, 0.5) is 0 Å². The van der Waals surface area contributed by atoms with E-state index in [4.69, 9.17) is 0 Å². The molecule has 0 unspecified atom stereocenters. The molecular weight excluding hydrogens is 196 g/mol. The van der Waals surface area contributed by atoms with E-state index >= 15 is 0 Å². The SMILES string of the molecule is CN=S1(=O)CC2(CN(C(C)(C)C)C2)C1. The maximum atomic E-state index is 11.8. The van der Waals surface area contributed by atoms with Gasteiger partial charge in [-0.2, -0.15) is 0 Å². The Balaban J connectivity index is 1.95. The third-order valence-electron chi connectivity index (χ3n) is 3.40. The van der Waals surface area contributed by atoms with E-state index in [9.17, 15) is 4.21 Å². The third-order valence-corrected chi connectivity index (χ3v) is 6.19. The first-order valence-electron chi connectivity index (χ1n) is 5.14. The standard InChI is InChI=1S/C10H20N2OS/c1-9(2,3)12-5-10(6-12)7-14(13,8-10)11-4/h5-8H2,1-4H3. The highest BCUT2D eigenvalue weighted by Gasteiger charge is 2.56. The Labute approximate surface area is 87.1 Å². The highest BCUT2D eigenvalue weighted by Crippen LogP contribution is 2.44. The van der Waals surface area contributed by atoms with E-state index in [1.807, 2.05) is 0 Å². The van der Waals surface area contributed by atoms with Gasteiger partial charge in [-0.1, -0.05) is 0 Å². The first-order chi connectivity index (χ1) is 6.29. The Morgan fingerprint density at radius 1 is 1.29 bits per heavy atom. The average molecular weight is 216 g/mol. The second-order valence-corrected chi connectivity index (χ2v) is 8.26. The van der Waals surface area contributed by atoms with Crippen molar-refractivity contribution in [1.29, 1.82) is 0 Å². The number of rotatable bonds is 0. The van der Waals surface area contributed by atoms with Crippen molar-refractivity contribution in [3.63, 3.8) is 0 Å². The molecule has 0 radical (unpaired) electrons. The van der Waals surface area contributed by atoms with Gasteiger partial charge in [-0.05, 0) is 20.8 Å². The summed E-state index contributed by atoms with van der Waals surface area (Å²) in [7, 11) is -0.0760.